The van der Waals surface area contributed by atoms with Gasteiger partial charge in [-0.3, -0.25) is 13.9 Å². The van der Waals surface area contributed by atoms with Gasteiger partial charge in [-0.1, -0.05) is 72.8 Å². The number of amides is 2. The molecular weight excluding hydrogens is 616 g/mol. The second kappa shape index (κ2) is 16.2. The van der Waals surface area contributed by atoms with Crippen molar-refractivity contribution in [1.82, 2.24) is 16.0 Å². The third kappa shape index (κ3) is 10.1. The van der Waals surface area contributed by atoms with Crippen LogP contribution < -0.4 is 25.0 Å². The smallest absolute Gasteiger partial charge is 0.251 e. The number of carbonyl (C=O) groups excluding carboxylic acids is 2. The molecule has 4 aromatic carbocycles. The first-order valence-electron chi connectivity index (χ1n) is 15.3. The second-order valence-corrected chi connectivity index (χ2v) is 13.4. The zero-order chi connectivity index (χ0) is 34.0. The lowest BCUT2D eigenvalue weighted by Crippen LogP contribution is -2.48. The van der Waals surface area contributed by atoms with Crippen molar-refractivity contribution >= 4 is 27.5 Å². The Morgan fingerprint density at radius 3 is 2.04 bits per heavy atom. The summed E-state index contributed by atoms with van der Waals surface area (Å²) in [5.74, 6) is -0.307. The van der Waals surface area contributed by atoms with Gasteiger partial charge in [0.25, 0.3) is 11.8 Å². The number of sulfonamides is 1. The molecule has 0 aromatic heterocycles. The van der Waals surface area contributed by atoms with E-state index in [0.29, 0.717) is 13.0 Å². The Bertz CT molecular complexity index is 1750. The fourth-order valence-electron chi connectivity index (χ4n) is 5.04. The molecule has 3 atom stereocenters. The molecule has 0 aliphatic heterocycles. The lowest BCUT2D eigenvalue weighted by Gasteiger charge is -2.26. The maximum atomic E-state index is 13.8. The van der Waals surface area contributed by atoms with Gasteiger partial charge in [-0.05, 0) is 60.4 Å². The highest BCUT2D eigenvalue weighted by atomic mass is 32.2. The van der Waals surface area contributed by atoms with Crippen LogP contribution >= 0.6 is 0 Å². The standard InChI is InChI=1S/C36H42N4O6S/c1-25(28-15-9-6-10-16-28)38-35(42)29-20-30(22-31(21-29)40(2)47(4,44)45)36(43)39-33(19-26-12-7-5-8-13-26)34(41)24-37-23-27-14-11-17-32(18-27)46-3/h5-18,20-22,25,33-34,37,41H,19,23-24H2,1-4H3,(H,38,42)(H,39,43)/t25-,33-,34+/m0/s1. The number of nitrogens with one attached hydrogen (secondary N) is 3. The van der Waals surface area contributed by atoms with Gasteiger partial charge in [0.1, 0.15) is 5.75 Å². The molecule has 0 saturated heterocycles. The zero-order valence-corrected chi connectivity index (χ0v) is 27.8. The summed E-state index contributed by atoms with van der Waals surface area (Å²) < 4.78 is 31.2. The van der Waals surface area contributed by atoms with Crippen LogP contribution in [-0.2, 0) is 23.0 Å². The van der Waals surface area contributed by atoms with Gasteiger partial charge >= 0.3 is 0 Å². The monoisotopic (exact) mass is 658 g/mol. The first-order valence-corrected chi connectivity index (χ1v) is 17.1. The predicted molar refractivity (Wildman–Crippen MR) is 184 cm³/mol. The molecule has 248 valence electrons. The molecule has 47 heavy (non-hydrogen) atoms. The van der Waals surface area contributed by atoms with Crippen molar-refractivity contribution in [3.05, 3.63) is 131 Å². The van der Waals surface area contributed by atoms with E-state index in [2.05, 4.69) is 16.0 Å². The number of anilines is 1. The molecule has 4 N–H and O–H groups in total. The maximum Gasteiger partial charge on any atom is 0.251 e. The van der Waals surface area contributed by atoms with E-state index in [1.807, 2.05) is 91.9 Å². The zero-order valence-electron chi connectivity index (χ0n) is 27.0. The molecule has 11 heteroatoms. The minimum Gasteiger partial charge on any atom is -0.497 e. The average Bonchev–Trinajstić information content (AvgIpc) is 3.07. The van der Waals surface area contributed by atoms with Crippen molar-refractivity contribution < 1.29 is 27.9 Å². The number of hydrogen-bond donors (Lipinski definition) is 4. The van der Waals surface area contributed by atoms with Gasteiger partial charge in [-0.15, -0.1) is 0 Å². The van der Waals surface area contributed by atoms with Gasteiger partial charge in [0, 0.05) is 31.3 Å². The molecule has 0 fully saturated rings. The van der Waals surface area contributed by atoms with Crippen molar-refractivity contribution in [2.75, 3.05) is 31.3 Å². The molecule has 10 nitrogen and oxygen atoms in total. The quantitative estimate of drug-likeness (QED) is 0.151. The predicted octanol–water partition coefficient (Wildman–Crippen LogP) is 4.07. The molecule has 0 saturated carbocycles. The Morgan fingerprint density at radius 1 is 0.830 bits per heavy atom. The maximum absolute atomic E-state index is 13.8. The van der Waals surface area contributed by atoms with Crippen LogP contribution in [0.5, 0.6) is 5.75 Å². The Hall–Kier alpha value is -4.71. The van der Waals surface area contributed by atoms with Gasteiger partial charge in [0.15, 0.2) is 0 Å². The van der Waals surface area contributed by atoms with Gasteiger partial charge in [0.05, 0.1) is 37.2 Å². The average molecular weight is 659 g/mol. The van der Waals surface area contributed by atoms with Crippen LogP contribution in [0.15, 0.2) is 103 Å². The highest BCUT2D eigenvalue weighted by molar-refractivity contribution is 7.92. The summed E-state index contributed by atoms with van der Waals surface area (Å²) in [6, 6.07) is 29.7. The van der Waals surface area contributed by atoms with E-state index in [0.717, 1.165) is 33.0 Å². The SMILES string of the molecule is COc1cccc(CNC[C@@H](O)[C@H](Cc2ccccc2)NC(=O)c2cc(C(=O)N[C@@H](C)c3ccccc3)cc(N(C)S(C)(=O)=O)c2)c1. The largest absolute Gasteiger partial charge is 0.497 e. The highest BCUT2D eigenvalue weighted by Gasteiger charge is 2.25. The summed E-state index contributed by atoms with van der Waals surface area (Å²) in [7, 11) is -0.750. The van der Waals surface area contributed by atoms with E-state index in [1.165, 1.54) is 25.2 Å². The van der Waals surface area contributed by atoms with Crippen LogP contribution in [0.1, 0.15) is 50.4 Å². The van der Waals surface area contributed by atoms with E-state index >= 15 is 0 Å². The van der Waals surface area contributed by atoms with Crippen LogP contribution in [-0.4, -0.2) is 64.4 Å². The molecule has 0 spiro atoms. The fraction of sp³-hybridized carbons (Fsp3) is 0.278. The molecule has 0 heterocycles. The van der Waals surface area contributed by atoms with Crippen LogP contribution in [0.25, 0.3) is 0 Å². The molecule has 0 aliphatic rings. The Kier molecular flexibility index (Phi) is 12.1. The van der Waals surface area contributed by atoms with Crippen LogP contribution in [0, 0.1) is 0 Å². The third-order valence-corrected chi connectivity index (χ3v) is 9.05. The summed E-state index contributed by atoms with van der Waals surface area (Å²) in [5, 5.41) is 20.4. The Morgan fingerprint density at radius 2 is 1.43 bits per heavy atom. The summed E-state index contributed by atoms with van der Waals surface area (Å²) in [5.41, 5.74) is 3.11. The van der Waals surface area contributed by atoms with Crippen LogP contribution in [0.3, 0.4) is 0 Å². The lowest BCUT2D eigenvalue weighted by molar-refractivity contribution is 0.0830. The molecule has 2 amide bonds. The minimum absolute atomic E-state index is 0.0742. The first-order chi connectivity index (χ1) is 22.4. The van der Waals surface area contributed by atoms with Gasteiger partial charge in [0.2, 0.25) is 10.0 Å². The highest BCUT2D eigenvalue weighted by Crippen LogP contribution is 2.22. The van der Waals surface area contributed by atoms with Gasteiger partial charge in [-0.25, -0.2) is 8.42 Å². The van der Waals surface area contributed by atoms with E-state index in [1.54, 1.807) is 7.11 Å². The number of rotatable bonds is 15. The van der Waals surface area contributed by atoms with Gasteiger partial charge < -0.3 is 25.8 Å². The van der Waals surface area contributed by atoms with Crippen molar-refractivity contribution in [3.8, 4) is 5.75 Å². The van der Waals surface area contributed by atoms with E-state index in [9.17, 15) is 23.1 Å². The van der Waals surface area contributed by atoms with E-state index in [-0.39, 0.29) is 29.4 Å². The van der Waals surface area contributed by atoms with Crippen LogP contribution in [0.2, 0.25) is 0 Å². The number of carbonyl (C=O) groups is 2. The summed E-state index contributed by atoms with van der Waals surface area (Å²) in [6.45, 7) is 2.49. The third-order valence-electron chi connectivity index (χ3n) is 7.85. The van der Waals surface area contributed by atoms with Crippen molar-refractivity contribution in [3.63, 3.8) is 0 Å². The number of aliphatic hydroxyl groups is 1. The molecule has 0 aliphatic carbocycles. The first kappa shape index (κ1) is 35.1. The number of nitrogens with zero attached hydrogens (tertiary/aromatic N) is 1. The van der Waals surface area contributed by atoms with Gasteiger partial charge in [-0.2, -0.15) is 0 Å². The van der Waals surface area contributed by atoms with Crippen molar-refractivity contribution in [1.29, 1.82) is 0 Å². The number of ether oxygens (including phenoxy) is 1. The summed E-state index contributed by atoms with van der Waals surface area (Å²) in [4.78, 5) is 27.2. The summed E-state index contributed by atoms with van der Waals surface area (Å²) >= 11 is 0. The number of benzene rings is 4. The normalized spacial score (nSPS) is 13.2. The number of aliphatic hydroxyl groups excluding tert-OH is 1. The second-order valence-electron chi connectivity index (χ2n) is 11.4. The molecule has 0 radical (unpaired) electrons. The fourth-order valence-corrected chi connectivity index (χ4v) is 5.53. The molecule has 4 aromatic rings. The minimum atomic E-state index is -3.71. The molecule has 4 rings (SSSR count). The molecule has 0 unspecified atom stereocenters. The number of hydrogen-bond acceptors (Lipinski definition) is 7. The Balaban J connectivity index is 1.58. The summed E-state index contributed by atoms with van der Waals surface area (Å²) in [6.07, 6.45) is 0.391. The van der Waals surface area contributed by atoms with Crippen molar-refractivity contribution in [2.45, 2.75) is 38.1 Å². The van der Waals surface area contributed by atoms with Crippen LogP contribution in [0.4, 0.5) is 5.69 Å². The topological polar surface area (TPSA) is 137 Å². The van der Waals surface area contributed by atoms with E-state index < -0.39 is 34.0 Å². The number of methoxy groups -OCH3 is 1. The van der Waals surface area contributed by atoms with Crippen molar-refractivity contribution in [2.24, 2.45) is 0 Å². The van der Waals surface area contributed by atoms with E-state index in [4.69, 9.17) is 4.74 Å². The lowest BCUT2D eigenvalue weighted by atomic mass is 10.00. The Labute approximate surface area is 276 Å². The molecule has 0 bridgehead atoms. The molecular formula is C36H42N4O6S.